The Morgan fingerprint density at radius 1 is 0.429 bits per heavy atom. The van der Waals surface area contributed by atoms with Gasteiger partial charge in [0.2, 0.25) is 0 Å². The molecule has 0 saturated carbocycles. The molecule has 1 rings (SSSR count). The summed E-state index contributed by atoms with van der Waals surface area (Å²) < 4.78 is 28.3. The van der Waals surface area contributed by atoms with Crippen LogP contribution in [0.15, 0.2) is 134 Å². The van der Waals surface area contributed by atoms with Crippen LogP contribution in [0.3, 0.4) is 0 Å². The van der Waals surface area contributed by atoms with Crippen LogP contribution in [-0.4, -0.2) is 89.2 Å². The molecule has 12 heteroatoms. The molecule has 0 bridgehead atoms. The standard InChI is InChI=1S/C65H100O12/c1-4-7-10-13-16-19-22-25-27-28-29-30-32-34-36-39-42-45-48-51-57(66)73-54-56(75-58(67)52-49-46-43-40-37-33-24-21-18-15-12-9-6-3)55-74-65-63(61(70)60(69)62(77-65)64(71)72)76-59(68)53-50-47-44-41-38-35-31-26-23-20-17-14-11-8-5-2/h7-12,16-21,25-27,29-31,33-34,36-37,56,60-63,65,69-70H,4-6,13-15,22-24,28,32,35,38-55H2,1-3H3,(H,71,72)/b10-7-,11-8-,12-9-,19-16-,20-17-,21-18-,27-25-,30-29-,31-26-,36-34-,37-33-. The van der Waals surface area contributed by atoms with E-state index >= 15 is 0 Å². The monoisotopic (exact) mass is 1070 g/mol. The zero-order valence-corrected chi connectivity index (χ0v) is 47.4. The summed E-state index contributed by atoms with van der Waals surface area (Å²) in [4.78, 5) is 51.1. The number of carboxylic acid groups (broad SMARTS) is 1. The van der Waals surface area contributed by atoms with Gasteiger partial charge in [-0.25, -0.2) is 4.79 Å². The van der Waals surface area contributed by atoms with Gasteiger partial charge in [0.15, 0.2) is 24.6 Å². The Morgan fingerprint density at radius 3 is 1.19 bits per heavy atom. The quantitative estimate of drug-likeness (QED) is 0.0228. The summed E-state index contributed by atoms with van der Waals surface area (Å²) in [6.45, 7) is 5.57. The highest BCUT2D eigenvalue weighted by Crippen LogP contribution is 2.26. The summed E-state index contributed by atoms with van der Waals surface area (Å²) in [5.41, 5.74) is 0. The second-order valence-electron chi connectivity index (χ2n) is 19.1. The summed E-state index contributed by atoms with van der Waals surface area (Å²) in [6.07, 6.45) is 60.0. The molecule has 1 aliphatic heterocycles. The summed E-state index contributed by atoms with van der Waals surface area (Å²) in [6, 6.07) is 0. The van der Waals surface area contributed by atoms with Gasteiger partial charge in [-0.15, -0.1) is 0 Å². The van der Waals surface area contributed by atoms with Crippen molar-refractivity contribution in [3.8, 4) is 0 Å². The molecule has 1 heterocycles. The van der Waals surface area contributed by atoms with Gasteiger partial charge in [-0.05, 0) is 128 Å². The van der Waals surface area contributed by atoms with E-state index in [-0.39, 0.29) is 25.9 Å². The molecule has 0 aromatic carbocycles. The second-order valence-corrected chi connectivity index (χ2v) is 19.1. The number of aliphatic hydroxyl groups is 2. The number of unbranched alkanes of at least 4 members (excludes halogenated alkanes) is 11. The van der Waals surface area contributed by atoms with Crippen molar-refractivity contribution in [3.05, 3.63) is 134 Å². The van der Waals surface area contributed by atoms with Crippen LogP contribution < -0.4 is 0 Å². The van der Waals surface area contributed by atoms with Crippen molar-refractivity contribution in [2.45, 2.75) is 237 Å². The number of hydrogen-bond donors (Lipinski definition) is 3. The minimum absolute atomic E-state index is 0.0263. The molecule has 432 valence electrons. The molecule has 6 atom stereocenters. The molecular weight excluding hydrogens is 973 g/mol. The first-order chi connectivity index (χ1) is 37.6. The normalized spacial score (nSPS) is 19.0. The van der Waals surface area contributed by atoms with Crippen LogP contribution in [0, 0.1) is 0 Å². The van der Waals surface area contributed by atoms with E-state index < -0.39 is 67.3 Å². The molecule has 3 N–H and O–H groups in total. The number of carbonyl (C=O) groups excluding carboxylic acids is 3. The lowest BCUT2D eigenvalue weighted by Crippen LogP contribution is -2.61. The van der Waals surface area contributed by atoms with Gasteiger partial charge in [0.05, 0.1) is 6.61 Å². The van der Waals surface area contributed by atoms with E-state index in [1.165, 1.54) is 0 Å². The Labute approximate surface area is 464 Å². The van der Waals surface area contributed by atoms with Crippen LogP contribution >= 0.6 is 0 Å². The highest BCUT2D eigenvalue weighted by molar-refractivity contribution is 5.74. The first kappa shape index (κ1) is 69.9. The van der Waals surface area contributed by atoms with E-state index in [1.54, 1.807) is 0 Å². The number of carboxylic acids is 1. The van der Waals surface area contributed by atoms with Crippen LogP contribution in [0.4, 0.5) is 0 Å². The largest absolute Gasteiger partial charge is 0.479 e. The summed E-state index contributed by atoms with van der Waals surface area (Å²) in [5, 5.41) is 31.5. The third kappa shape index (κ3) is 41.6. The van der Waals surface area contributed by atoms with Gasteiger partial charge in [0.25, 0.3) is 0 Å². The SMILES string of the molecule is CC/C=C\C/C=C\C/C=C\C/C=C\C/C=C\CCCCCC(=O)OCC(COC1OC(C(=O)O)C(O)C(O)C1OC(=O)CCCCCCC/C=C\C/C=C\C/C=C\CC)OC(=O)CCCCC/C=C\C/C=C\C/C=C\CC. The molecule has 0 amide bonds. The summed E-state index contributed by atoms with van der Waals surface area (Å²) in [5.74, 6) is -3.25. The van der Waals surface area contributed by atoms with Crippen molar-refractivity contribution in [2.24, 2.45) is 0 Å². The van der Waals surface area contributed by atoms with Gasteiger partial charge >= 0.3 is 23.9 Å². The van der Waals surface area contributed by atoms with Crippen LogP contribution in [0.1, 0.15) is 201 Å². The summed E-state index contributed by atoms with van der Waals surface area (Å²) in [7, 11) is 0. The Bertz CT molecular complexity index is 1850. The molecule has 1 saturated heterocycles. The van der Waals surface area contributed by atoms with Gasteiger partial charge in [-0.2, -0.15) is 0 Å². The highest BCUT2D eigenvalue weighted by atomic mass is 16.7. The van der Waals surface area contributed by atoms with E-state index in [0.29, 0.717) is 19.3 Å². The van der Waals surface area contributed by atoms with Crippen molar-refractivity contribution in [1.29, 1.82) is 0 Å². The second kappa shape index (κ2) is 51.6. The zero-order valence-electron chi connectivity index (χ0n) is 47.4. The number of hydrogen-bond acceptors (Lipinski definition) is 11. The summed E-state index contributed by atoms with van der Waals surface area (Å²) >= 11 is 0. The number of carbonyl (C=O) groups is 4. The first-order valence-electron chi connectivity index (χ1n) is 29.2. The maximum absolute atomic E-state index is 13.1. The number of rotatable bonds is 47. The lowest BCUT2D eigenvalue weighted by Gasteiger charge is -2.40. The minimum Gasteiger partial charge on any atom is -0.479 e. The molecule has 0 aromatic rings. The van der Waals surface area contributed by atoms with Gasteiger partial charge in [0, 0.05) is 19.3 Å². The average Bonchev–Trinajstić information content (AvgIpc) is 3.42. The number of esters is 3. The van der Waals surface area contributed by atoms with E-state index in [0.717, 1.165) is 141 Å². The molecule has 1 fully saturated rings. The Hall–Kier alpha value is -5.14. The number of allylic oxidation sites excluding steroid dienone is 22. The minimum atomic E-state index is -1.93. The number of aliphatic hydroxyl groups excluding tert-OH is 2. The van der Waals surface area contributed by atoms with E-state index in [2.05, 4.69) is 154 Å². The van der Waals surface area contributed by atoms with Gasteiger partial charge in [-0.3, -0.25) is 14.4 Å². The van der Waals surface area contributed by atoms with Crippen molar-refractivity contribution in [1.82, 2.24) is 0 Å². The molecule has 0 aliphatic carbocycles. The average molecular weight is 1070 g/mol. The molecule has 0 aromatic heterocycles. The van der Waals surface area contributed by atoms with Crippen molar-refractivity contribution in [2.75, 3.05) is 13.2 Å². The molecule has 0 spiro atoms. The van der Waals surface area contributed by atoms with Crippen molar-refractivity contribution >= 4 is 23.9 Å². The van der Waals surface area contributed by atoms with Gasteiger partial charge in [-0.1, -0.05) is 187 Å². The van der Waals surface area contributed by atoms with Crippen LogP contribution in [0.25, 0.3) is 0 Å². The highest BCUT2D eigenvalue weighted by Gasteiger charge is 2.50. The fourth-order valence-corrected chi connectivity index (χ4v) is 7.83. The predicted molar refractivity (Wildman–Crippen MR) is 312 cm³/mol. The lowest BCUT2D eigenvalue weighted by atomic mass is 9.98. The fraction of sp³-hybridized carbons (Fsp3) is 0.600. The molecule has 1 aliphatic rings. The fourth-order valence-electron chi connectivity index (χ4n) is 7.83. The number of ether oxygens (including phenoxy) is 5. The Balaban J connectivity index is 2.74. The molecule has 0 radical (unpaired) electrons. The topological polar surface area (TPSA) is 175 Å². The van der Waals surface area contributed by atoms with Crippen LogP contribution in [-0.2, 0) is 42.9 Å². The molecule has 77 heavy (non-hydrogen) atoms. The Morgan fingerprint density at radius 2 is 0.779 bits per heavy atom. The first-order valence-corrected chi connectivity index (χ1v) is 29.2. The van der Waals surface area contributed by atoms with Gasteiger partial charge < -0.3 is 39.0 Å². The predicted octanol–water partition coefficient (Wildman–Crippen LogP) is 15.0. The van der Waals surface area contributed by atoms with E-state index in [1.807, 2.05) is 0 Å². The molecular formula is C65H100O12. The van der Waals surface area contributed by atoms with Crippen molar-refractivity contribution in [3.63, 3.8) is 0 Å². The smallest absolute Gasteiger partial charge is 0.335 e. The third-order valence-electron chi connectivity index (χ3n) is 12.2. The number of aliphatic carboxylic acids is 1. The maximum Gasteiger partial charge on any atom is 0.335 e. The van der Waals surface area contributed by atoms with Gasteiger partial charge in [0.1, 0.15) is 18.8 Å². The lowest BCUT2D eigenvalue weighted by molar-refractivity contribution is -0.301. The van der Waals surface area contributed by atoms with E-state index in [9.17, 15) is 34.5 Å². The zero-order chi connectivity index (χ0) is 56.1. The van der Waals surface area contributed by atoms with Crippen LogP contribution in [0.5, 0.6) is 0 Å². The third-order valence-corrected chi connectivity index (χ3v) is 12.2. The molecule has 6 unspecified atom stereocenters. The van der Waals surface area contributed by atoms with Crippen LogP contribution in [0.2, 0.25) is 0 Å². The van der Waals surface area contributed by atoms with Crippen molar-refractivity contribution < 1.29 is 58.2 Å². The Kier molecular flexibility index (Phi) is 46.8. The van der Waals surface area contributed by atoms with E-state index in [4.69, 9.17) is 23.7 Å². The molecule has 12 nitrogen and oxygen atoms in total. The maximum atomic E-state index is 13.1.